The van der Waals surface area contributed by atoms with Gasteiger partial charge in [-0.25, -0.2) is 16.8 Å². The highest BCUT2D eigenvalue weighted by Gasteiger charge is 2.30. The normalized spacial score (nSPS) is 17.3. The minimum absolute atomic E-state index is 0.0671. The van der Waals surface area contributed by atoms with Crippen LogP contribution in [-0.2, 0) is 20.0 Å². The Hall–Kier alpha value is -0.520. The first-order valence-electron chi connectivity index (χ1n) is 8.10. The number of hydrogen-bond donors (Lipinski definition) is 1. The maximum Gasteiger partial charge on any atom is 0.243 e. The van der Waals surface area contributed by atoms with Crippen molar-refractivity contribution in [2.75, 3.05) is 38.5 Å². The summed E-state index contributed by atoms with van der Waals surface area (Å²) in [4.78, 5) is 0.156. The van der Waals surface area contributed by atoms with Crippen molar-refractivity contribution >= 4 is 36.0 Å². The van der Waals surface area contributed by atoms with Crippen molar-refractivity contribution in [1.29, 1.82) is 0 Å². The van der Waals surface area contributed by atoms with Crippen LogP contribution < -0.4 is 5.32 Å². The molecule has 10 heteroatoms. The van der Waals surface area contributed by atoms with Gasteiger partial charge >= 0.3 is 0 Å². The van der Waals surface area contributed by atoms with Gasteiger partial charge in [-0.05, 0) is 38.1 Å². The average molecular weight is 454 g/mol. The van der Waals surface area contributed by atoms with Gasteiger partial charge in [-0.3, -0.25) is 0 Å². The fourth-order valence-corrected chi connectivity index (χ4v) is 6.10. The molecule has 0 amide bonds. The molecule has 2 rings (SSSR count). The van der Waals surface area contributed by atoms with Crippen LogP contribution in [0.5, 0.6) is 0 Å². The molecule has 1 N–H and O–H groups in total. The molecule has 25 heavy (non-hydrogen) atoms. The van der Waals surface area contributed by atoms with E-state index < -0.39 is 20.0 Å². The predicted molar refractivity (Wildman–Crippen MR) is 101 cm³/mol. The zero-order valence-corrected chi connectivity index (χ0v) is 17.6. The minimum Gasteiger partial charge on any atom is -0.314 e. The van der Waals surface area contributed by atoms with Gasteiger partial charge in [-0.2, -0.15) is 8.61 Å². The first kappa shape index (κ1) is 20.8. The minimum atomic E-state index is -3.75. The molecular formula is C15H24BrN3O4S2. The number of hydrogen-bond acceptors (Lipinski definition) is 5. The molecule has 0 aromatic heterocycles. The second kappa shape index (κ2) is 8.45. The van der Waals surface area contributed by atoms with Crippen LogP contribution in [0.4, 0.5) is 0 Å². The van der Waals surface area contributed by atoms with Crippen LogP contribution in [0.2, 0.25) is 0 Å². The third kappa shape index (κ3) is 5.24. The van der Waals surface area contributed by atoms with E-state index in [1.54, 1.807) is 26.0 Å². The fourth-order valence-electron chi connectivity index (χ4n) is 2.65. The van der Waals surface area contributed by atoms with Crippen LogP contribution in [0.3, 0.4) is 0 Å². The smallest absolute Gasteiger partial charge is 0.243 e. The van der Waals surface area contributed by atoms with Crippen molar-refractivity contribution in [3.8, 4) is 0 Å². The predicted octanol–water partition coefficient (Wildman–Crippen LogP) is 1.08. The van der Waals surface area contributed by atoms with E-state index >= 15 is 0 Å². The van der Waals surface area contributed by atoms with Gasteiger partial charge in [-0.15, -0.1) is 0 Å². The van der Waals surface area contributed by atoms with Crippen LogP contribution in [0.1, 0.15) is 13.8 Å². The van der Waals surface area contributed by atoms with E-state index in [0.717, 1.165) is 4.47 Å². The third-order valence-electron chi connectivity index (χ3n) is 4.04. The Bertz CT molecular complexity index is 773. The second-order valence-corrected chi connectivity index (χ2v) is 11.0. The molecule has 1 aromatic rings. The molecule has 0 bridgehead atoms. The monoisotopic (exact) mass is 453 g/mol. The van der Waals surface area contributed by atoms with Gasteiger partial charge < -0.3 is 5.32 Å². The Labute approximate surface area is 158 Å². The molecule has 1 saturated heterocycles. The van der Waals surface area contributed by atoms with E-state index in [-0.39, 0.29) is 23.2 Å². The topological polar surface area (TPSA) is 86.8 Å². The second-order valence-electron chi connectivity index (χ2n) is 6.13. The standard InChI is InChI=1S/C15H24BrN3O4S2/c1-13(2)19(25(22,23)15-5-3-14(16)4-6-15)11-12-24(20,21)18-9-7-17-8-10-18/h3-6,13,17H,7-12H2,1-2H3. The first-order valence-corrected chi connectivity index (χ1v) is 11.9. The maximum absolute atomic E-state index is 12.9. The van der Waals surface area contributed by atoms with Crippen molar-refractivity contribution in [2.24, 2.45) is 0 Å². The lowest BCUT2D eigenvalue weighted by Crippen LogP contribution is -2.49. The van der Waals surface area contributed by atoms with Crippen molar-refractivity contribution in [1.82, 2.24) is 13.9 Å². The number of sulfonamides is 2. The molecule has 1 aliphatic heterocycles. The van der Waals surface area contributed by atoms with Gasteiger partial charge in [0.05, 0.1) is 10.6 Å². The highest BCUT2D eigenvalue weighted by molar-refractivity contribution is 9.10. The van der Waals surface area contributed by atoms with Gasteiger partial charge in [0.15, 0.2) is 0 Å². The van der Waals surface area contributed by atoms with E-state index in [2.05, 4.69) is 21.2 Å². The molecule has 1 heterocycles. The maximum atomic E-state index is 12.9. The summed E-state index contributed by atoms with van der Waals surface area (Å²) in [5.41, 5.74) is 0. The van der Waals surface area contributed by atoms with Crippen LogP contribution in [-0.4, -0.2) is 70.0 Å². The summed E-state index contributed by atoms with van der Waals surface area (Å²) in [6.07, 6.45) is 0. The highest BCUT2D eigenvalue weighted by Crippen LogP contribution is 2.21. The number of nitrogens with one attached hydrogen (secondary N) is 1. The molecule has 0 saturated carbocycles. The first-order chi connectivity index (χ1) is 11.6. The van der Waals surface area contributed by atoms with E-state index in [0.29, 0.717) is 26.2 Å². The molecule has 0 aliphatic carbocycles. The van der Waals surface area contributed by atoms with Gasteiger partial charge in [-0.1, -0.05) is 15.9 Å². The molecule has 0 spiro atoms. The molecule has 1 fully saturated rings. The Balaban J connectivity index is 2.16. The Morgan fingerprint density at radius 1 is 1.12 bits per heavy atom. The van der Waals surface area contributed by atoms with Gasteiger partial charge in [0.1, 0.15) is 0 Å². The summed E-state index contributed by atoms with van der Waals surface area (Å²) in [5.74, 6) is -0.221. The Morgan fingerprint density at radius 2 is 1.68 bits per heavy atom. The lowest BCUT2D eigenvalue weighted by Gasteiger charge is -2.29. The quantitative estimate of drug-likeness (QED) is 0.667. The lowest BCUT2D eigenvalue weighted by molar-refractivity contribution is 0.346. The largest absolute Gasteiger partial charge is 0.314 e. The fraction of sp³-hybridized carbons (Fsp3) is 0.600. The summed E-state index contributed by atoms with van der Waals surface area (Å²) in [6.45, 7) is 5.49. The van der Waals surface area contributed by atoms with E-state index in [1.807, 2.05) is 0 Å². The van der Waals surface area contributed by atoms with Crippen molar-refractivity contribution in [3.05, 3.63) is 28.7 Å². The van der Waals surface area contributed by atoms with Gasteiger partial charge in [0, 0.05) is 43.2 Å². The molecule has 1 aromatic carbocycles. The van der Waals surface area contributed by atoms with Crippen LogP contribution in [0, 0.1) is 0 Å². The van der Waals surface area contributed by atoms with Crippen LogP contribution >= 0.6 is 15.9 Å². The van der Waals surface area contributed by atoms with E-state index in [4.69, 9.17) is 0 Å². The molecule has 7 nitrogen and oxygen atoms in total. The number of halogens is 1. The Kier molecular flexibility index (Phi) is 7.02. The highest BCUT2D eigenvalue weighted by atomic mass is 79.9. The summed E-state index contributed by atoms with van der Waals surface area (Å²) < 4.78 is 54.2. The molecule has 0 unspecified atom stereocenters. The number of nitrogens with zero attached hydrogens (tertiary/aromatic N) is 2. The Morgan fingerprint density at radius 3 is 2.20 bits per heavy atom. The third-order valence-corrected chi connectivity index (χ3v) is 8.50. The number of rotatable bonds is 7. The number of benzene rings is 1. The summed E-state index contributed by atoms with van der Waals surface area (Å²) in [7, 11) is -7.23. The lowest BCUT2D eigenvalue weighted by atomic mass is 10.4. The SMILES string of the molecule is CC(C)N(CCS(=O)(=O)N1CCNCC1)S(=O)(=O)c1ccc(Br)cc1. The molecule has 0 atom stereocenters. The zero-order valence-electron chi connectivity index (χ0n) is 14.4. The van der Waals surface area contributed by atoms with Gasteiger partial charge in [0.2, 0.25) is 20.0 Å². The summed E-state index contributed by atoms with van der Waals surface area (Å²) in [5, 5.41) is 3.10. The zero-order chi connectivity index (χ0) is 18.7. The molecule has 1 aliphatic rings. The number of piperazine rings is 1. The van der Waals surface area contributed by atoms with Crippen molar-refractivity contribution in [2.45, 2.75) is 24.8 Å². The average Bonchev–Trinajstić information content (AvgIpc) is 2.55. The van der Waals surface area contributed by atoms with Crippen molar-refractivity contribution < 1.29 is 16.8 Å². The van der Waals surface area contributed by atoms with Gasteiger partial charge in [0.25, 0.3) is 0 Å². The van der Waals surface area contributed by atoms with E-state index in [1.165, 1.54) is 20.7 Å². The summed E-state index contributed by atoms with van der Waals surface area (Å²) in [6, 6.07) is 6.00. The van der Waals surface area contributed by atoms with E-state index in [9.17, 15) is 16.8 Å². The molecular weight excluding hydrogens is 430 g/mol. The van der Waals surface area contributed by atoms with Crippen molar-refractivity contribution in [3.63, 3.8) is 0 Å². The molecule has 0 radical (unpaired) electrons. The summed E-state index contributed by atoms with van der Waals surface area (Å²) >= 11 is 3.28. The molecule has 142 valence electrons. The van der Waals surface area contributed by atoms with Crippen LogP contribution in [0.15, 0.2) is 33.6 Å². The van der Waals surface area contributed by atoms with Crippen LogP contribution in [0.25, 0.3) is 0 Å².